The molecule has 2 amide bonds. The van der Waals surface area contributed by atoms with E-state index in [-0.39, 0.29) is 17.2 Å². The van der Waals surface area contributed by atoms with Crippen molar-refractivity contribution in [2.75, 3.05) is 16.4 Å². The van der Waals surface area contributed by atoms with Gasteiger partial charge in [-0.05, 0) is 43.3 Å². The molecule has 10 heteroatoms. The molecule has 0 saturated heterocycles. The molecule has 4 N–H and O–H groups in total. The summed E-state index contributed by atoms with van der Waals surface area (Å²) in [6, 6.07) is 12.4. The minimum absolute atomic E-state index is 0.0198. The van der Waals surface area contributed by atoms with E-state index in [4.69, 9.17) is 17.3 Å². The number of benzene rings is 2. The van der Waals surface area contributed by atoms with Crippen LogP contribution in [0.5, 0.6) is 0 Å². The number of carbonyl (C=O) groups is 1. The number of carbonyl (C=O) groups excluding carboxylic acids is 1. The summed E-state index contributed by atoms with van der Waals surface area (Å²) in [7, 11) is 0. The second-order valence-corrected chi connectivity index (χ2v) is 7.24. The Hall–Kier alpha value is -3.98. The Balaban J connectivity index is 1.66. The quantitative estimate of drug-likeness (QED) is 0.393. The van der Waals surface area contributed by atoms with E-state index in [0.717, 1.165) is 0 Å². The van der Waals surface area contributed by atoms with Crippen molar-refractivity contribution < 1.29 is 9.18 Å². The fourth-order valence-electron chi connectivity index (χ4n) is 3.13. The number of nitrogens with one attached hydrogen (secondary N) is 2. The van der Waals surface area contributed by atoms with Gasteiger partial charge in [0.15, 0.2) is 5.82 Å². The monoisotopic (exact) mass is 451 g/mol. The maximum atomic E-state index is 15.4. The molecule has 4 rings (SSSR count). The van der Waals surface area contributed by atoms with E-state index in [1.807, 2.05) is 6.92 Å². The molecule has 0 spiro atoms. The van der Waals surface area contributed by atoms with Crippen molar-refractivity contribution in [3.63, 3.8) is 0 Å². The predicted molar refractivity (Wildman–Crippen MR) is 123 cm³/mol. The summed E-state index contributed by atoms with van der Waals surface area (Å²) in [5.74, 6) is -0.507. The van der Waals surface area contributed by atoms with Crippen molar-refractivity contribution in [3.8, 4) is 22.5 Å². The highest BCUT2D eigenvalue weighted by Crippen LogP contribution is 2.34. The molecule has 0 aliphatic heterocycles. The summed E-state index contributed by atoms with van der Waals surface area (Å²) < 4.78 is 17.1. The second-order valence-electron chi connectivity index (χ2n) is 6.80. The SMILES string of the molecule is CCn1cc(-c2cccc(NC(=O)Nc3ccc(Cl)cc3)c2F)c(-c2ccnc(N)n2)n1. The molecule has 2 aromatic heterocycles. The highest BCUT2D eigenvalue weighted by atomic mass is 35.5. The lowest BCUT2D eigenvalue weighted by Crippen LogP contribution is -2.20. The van der Waals surface area contributed by atoms with E-state index >= 15 is 4.39 Å². The molecule has 0 atom stereocenters. The Kier molecular flexibility index (Phi) is 6.00. The molecule has 0 fully saturated rings. The fourth-order valence-corrected chi connectivity index (χ4v) is 3.26. The van der Waals surface area contributed by atoms with Crippen molar-refractivity contribution >= 4 is 35.0 Å². The van der Waals surface area contributed by atoms with Gasteiger partial charge in [0.25, 0.3) is 0 Å². The van der Waals surface area contributed by atoms with Gasteiger partial charge >= 0.3 is 6.03 Å². The van der Waals surface area contributed by atoms with Crippen molar-refractivity contribution in [2.45, 2.75) is 13.5 Å². The van der Waals surface area contributed by atoms with Crippen LogP contribution < -0.4 is 16.4 Å². The Morgan fingerprint density at radius 2 is 1.91 bits per heavy atom. The topological polar surface area (TPSA) is 111 Å². The number of anilines is 3. The number of rotatable bonds is 5. The van der Waals surface area contributed by atoms with Crippen molar-refractivity contribution in [3.05, 3.63) is 71.8 Å². The summed E-state index contributed by atoms with van der Waals surface area (Å²) in [4.78, 5) is 20.5. The standard InChI is InChI=1S/C22H19ClFN7O/c1-2-31-12-16(20(30-31)18-10-11-26-21(25)28-18)15-4-3-5-17(19(15)24)29-22(32)27-14-8-6-13(23)7-9-14/h3-12H,2H2,1H3,(H2,25,26,28)(H2,27,29,32). The molecular weight excluding hydrogens is 433 g/mol. The summed E-state index contributed by atoms with van der Waals surface area (Å²) >= 11 is 5.85. The third-order valence-electron chi connectivity index (χ3n) is 4.64. The maximum absolute atomic E-state index is 15.4. The molecule has 0 unspecified atom stereocenters. The van der Waals surface area contributed by atoms with Crippen LogP contribution in [0.1, 0.15) is 6.92 Å². The zero-order valence-electron chi connectivity index (χ0n) is 17.0. The molecule has 0 bridgehead atoms. The van der Waals surface area contributed by atoms with Crippen LogP contribution in [0.25, 0.3) is 22.5 Å². The lowest BCUT2D eigenvalue weighted by molar-refractivity contribution is 0.262. The molecule has 2 heterocycles. The van der Waals surface area contributed by atoms with Gasteiger partial charge in [-0.3, -0.25) is 4.68 Å². The van der Waals surface area contributed by atoms with E-state index in [9.17, 15) is 4.79 Å². The van der Waals surface area contributed by atoms with Gasteiger partial charge < -0.3 is 16.4 Å². The van der Waals surface area contributed by atoms with Gasteiger partial charge in [-0.2, -0.15) is 5.10 Å². The summed E-state index contributed by atoms with van der Waals surface area (Å²) in [6.07, 6.45) is 3.24. The first-order valence-electron chi connectivity index (χ1n) is 9.73. The van der Waals surface area contributed by atoms with Crippen LogP contribution in [-0.4, -0.2) is 25.8 Å². The summed E-state index contributed by atoms with van der Waals surface area (Å²) in [6.45, 7) is 2.50. The Bertz CT molecular complexity index is 1270. The first-order valence-corrected chi connectivity index (χ1v) is 10.1. The number of hydrogen-bond acceptors (Lipinski definition) is 5. The fraction of sp³-hybridized carbons (Fsp3) is 0.0909. The number of nitrogens with two attached hydrogens (primary N) is 1. The van der Waals surface area contributed by atoms with Gasteiger partial charge in [-0.25, -0.2) is 19.2 Å². The molecule has 32 heavy (non-hydrogen) atoms. The van der Waals surface area contributed by atoms with Crippen LogP contribution in [0, 0.1) is 5.82 Å². The largest absolute Gasteiger partial charge is 0.368 e. The maximum Gasteiger partial charge on any atom is 0.323 e. The molecule has 0 aliphatic rings. The van der Waals surface area contributed by atoms with E-state index in [2.05, 4.69) is 25.7 Å². The zero-order chi connectivity index (χ0) is 22.7. The second kappa shape index (κ2) is 9.03. The molecule has 0 aliphatic carbocycles. The molecule has 4 aromatic rings. The Morgan fingerprint density at radius 1 is 1.12 bits per heavy atom. The third kappa shape index (κ3) is 4.52. The molecule has 0 radical (unpaired) electrons. The number of nitrogen functional groups attached to an aromatic ring is 1. The van der Waals surface area contributed by atoms with Crippen LogP contribution in [-0.2, 0) is 6.54 Å². The Labute approximate surface area is 188 Å². The highest BCUT2D eigenvalue weighted by Gasteiger charge is 2.20. The first kappa shape index (κ1) is 21.3. The molecule has 2 aromatic carbocycles. The van der Waals surface area contributed by atoms with E-state index in [1.54, 1.807) is 53.3 Å². The first-order chi connectivity index (χ1) is 15.4. The third-order valence-corrected chi connectivity index (χ3v) is 4.89. The van der Waals surface area contributed by atoms with E-state index in [1.165, 1.54) is 12.3 Å². The molecule has 0 saturated carbocycles. The van der Waals surface area contributed by atoms with E-state index in [0.29, 0.717) is 34.2 Å². The van der Waals surface area contributed by atoms with Crippen molar-refractivity contribution in [2.24, 2.45) is 0 Å². The van der Waals surface area contributed by atoms with Crippen molar-refractivity contribution in [1.82, 2.24) is 19.7 Å². The van der Waals surface area contributed by atoms with Gasteiger partial charge in [-0.15, -0.1) is 0 Å². The number of halogens is 2. The van der Waals surface area contributed by atoms with Crippen molar-refractivity contribution in [1.29, 1.82) is 0 Å². The molecular formula is C22H19ClFN7O. The molecule has 8 nitrogen and oxygen atoms in total. The predicted octanol–water partition coefficient (Wildman–Crippen LogP) is 5.05. The van der Waals surface area contributed by atoms with Gasteiger partial charge in [0.2, 0.25) is 5.95 Å². The lowest BCUT2D eigenvalue weighted by Gasteiger charge is -2.11. The van der Waals surface area contributed by atoms with Gasteiger partial charge in [-0.1, -0.05) is 23.7 Å². The van der Waals surface area contributed by atoms with Crippen LogP contribution in [0.3, 0.4) is 0 Å². The van der Waals surface area contributed by atoms with Gasteiger partial charge in [0.05, 0.1) is 11.4 Å². The number of hydrogen-bond donors (Lipinski definition) is 3. The van der Waals surface area contributed by atoms with Gasteiger partial charge in [0.1, 0.15) is 5.69 Å². The summed E-state index contributed by atoms with van der Waals surface area (Å²) in [5.41, 5.74) is 7.97. The number of aromatic nitrogens is 4. The smallest absolute Gasteiger partial charge is 0.323 e. The van der Waals surface area contributed by atoms with Crippen LogP contribution >= 0.6 is 11.6 Å². The van der Waals surface area contributed by atoms with Gasteiger partial charge in [0, 0.05) is 40.8 Å². The zero-order valence-corrected chi connectivity index (χ0v) is 17.8. The average molecular weight is 452 g/mol. The van der Waals surface area contributed by atoms with E-state index < -0.39 is 11.8 Å². The highest BCUT2D eigenvalue weighted by molar-refractivity contribution is 6.30. The Morgan fingerprint density at radius 3 is 2.62 bits per heavy atom. The number of nitrogens with zero attached hydrogens (tertiary/aromatic N) is 4. The number of aryl methyl sites for hydroxylation is 1. The number of amides is 2. The lowest BCUT2D eigenvalue weighted by atomic mass is 10.0. The molecule has 162 valence electrons. The summed E-state index contributed by atoms with van der Waals surface area (Å²) in [5, 5.41) is 10.2. The van der Waals surface area contributed by atoms with Crippen LogP contribution in [0.2, 0.25) is 5.02 Å². The van der Waals surface area contributed by atoms with Crippen LogP contribution in [0.15, 0.2) is 60.9 Å². The average Bonchev–Trinajstić information content (AvgIpc) is 3.21. The minimum atomic E-state index is -0.599. The van der Waals surface area contributed by atoms with Crippen LogP contribution in [0.4, 0.5) is 26.5 Å². The minimum Gasteiger partial charge on any atom is -0.368 e. The normalized spacial score (nSPS) is 10.7. The number of urea groups is 1.